The van der Waals surface area contributed by atoms with Crippen molar-refractivity contribution in [2.24, 2.45) is 0 Å². The summed E-state index contributed by atoms with van der Waals surface area (Å²) in [4.78, 5) is 11.8. The van der Waals surface area contributed by atoms with E-state index >= 15 is 0 Å². The Morgan fingerprint density at radius 2 is 2.14 bits per heavy atom. The van der Waals surface area contributed by atoms with Crippen molar-refractivity contribution in [2.75, 3.05) is 12.3 Å². The van der Waals surface area contributed by atoms with Gasteiger partial charge in [-0.1, -0.05) is 13.0 Å². The highest BCUT2D eigenvalue weighted by molar-refractivity contribution is 5.76. The van der Waals surface area contributed by atoms with Gasteiger partial charge < -0.3 is 20.9 Å². The zero-order valence-corrected chi connectivity index (χ0v) is 13.1. The smallest absolute Gasteiger partial charge is 0.220 e. The van der Waals surface area contributed by atoms with Gasteiger partial charge >= 0.3 is 0 Å². The number of benzene rings is 1. The molecule has 0 aliphatic carbocycles. The molecule has 0 bridgehead atoms. The van der Waals surface area contributed by atoms with Crippen LogP contribution in [0, 0.1) is 0 Å². The van der Waals surface area contributed by atoms with E-state index in [0.717, 1.165) is 12.0 Å². The van der Waals surface area contributed by atoms with Crippen LogP contribution in [-0.2, 0) is 11.2 Å². The normalized spacial score (nSPS) is 12.2. The summed E-state index contributed by atoms with van der Waals surface area (Å²) in [6.45, 7) is 5.79. The van der Waals surface area contributed by atoms with Gasteiger partial charge in [0.05, 0.1) is 24.4 Å². The van der Waals surface area contributed by atoms with Crippen molar-refractivity contribution in [1.82, 2.24) is 5.32 Å². The number of anilines is 1. The fraction of sp³-hybridized carbons (Fsp3) is 0.562. The van der Waals surface area contributed by atoms with E-state index < -0.39 is 0 Å². The number of hydrogen-bond acceptors (Lipinski definition) is 4. The number of carbonyl (C=O) groups is 1. The first kappa shape index (κ1) is 17.3. The molecule has 0 aromatic heterocycles. The second kappa shape index (κ2) is 8.52. The molecule has 0 radical (unpaired) electrons. The lowest BCUT2D eigenvalue weighted by Gasteiger charge is -2.15. The van der Waals surface area contributed by atoms with Crippen LogP contribution in [0.1, 0.15) is 39.2 Å². The molecule has 1 atom stereocenters. The van der Waals surface area contributed by atoms with Gasteiger partial charge in [-0.25, -0.2) is 0 Å². The summed E-state index contributed by atoms with van der Waals surface area (Å²) < 4.78 is 5.58. The average Bonchev–Trinajstić information content (AvgIpc) is 2.44. The number of aliphatic hydroxyl groups is 1. The number of nitrogen functional groups attached to an aromatic ring is 1. The minimum Gasteiger partial charge on any atom is -0.489 e. The van der Waals surface area contributed by atoms with Crippen molar-refractivity contribution in [3.8, 4) is 5.75 Å². The summed E-state index contributed by atoms with van der Waals surface area (Å²) in [6, 6.07) is 5.44. The molecule has 0 fully saturated rings. The largest absolute Gasteiger partial charge is 0.489 e. The molecule has 0 aliphatic rings. The van der Waals surface area contributed by atoms with Gasteiger partial charge in [0.1, 0.15) is 5.75 Å². The highest BCUT2D eigenvalue weighted by Crippen LogP contribution is 2.24. The third-order valence-electron chi connectivity index (χ3n) is 3.16. The number of aliphatic hydroxyl groups excluding tert-OH is 1. The molecule has 5 nitrogen and oxygen atoms in total. The number of ether oxygens (including phenoxy) is 1. The molecule has 0 saturated carbocycles. The molecule has 118 valence electrons. The molecule has 0 heterocycles. The predicted molar refractivity (Wildman–Crippen MR) is 84.2 cm³/mol. The first-order valence-electron chi connectivity index (χ1n) is 7.41. The molecule has 4 N–H and O–H groups in total. The van der Waals surface area contributed by atoms with E-state index in [1.54, 1.807) is 0 Å². The van der Waals surface area contributed by atoms with Crippen molar-refractivity contribution < 1.29 is 14.6 Å². The molecule has 1 unspecified atom stereocenters. The third-order valence-corrected chi connectivity index (χ3v) is 3.16. The Labute approximate surface area is 126 Å². The van der Waals surface area contributed by atoms with Crippen LogP contribution in [0.3, 0.4) is 0 Å². The fourth-order valence-corrected chi connectivity index (χ4v) is 1.95. The van der Waals surface area contributed by atoms with Crippen molar-refractivity contribution in [3.63, 3.8) is 0 Å². The van der Waals surface area contributed by atoms with E-state index in [4.69, 9.17) is 15.6 Å². The maximum Gasteiger partial charge on any atom is 0.220 e. The zero-order chi connectivity index (χ0) is 15.8. The molecular formula is C16H26N2O3. The second-order valence-corrected chi connectivity index (χ2v) is 5.39. The molecule has 0 saturated heterocycles. The Kier molecular flexibility index (Phi) is 7.02. The van der Waals surface area contributed by atoms with Crippen LogP contribution in [0.4, 0.5) is 5.69 Å². The monoisotopic (exact) mass is 294 g/mol. The standard InChI is InChI=1S/C16H26N2O3/c1-4-13(10-19)18-16(20)8-6-12-5-7-15(14(17)9-12)21-11(2)3/h5,7,9,11,13,19H,4,6,8,10,17H2,1-3H3,(H,18,20). The van der Waals surface area contributed by atoms with Crippen LogP contribution in [-0.4, -0.2) is 29.8 Å². The summed E-state index contributed by atoms with van der Waals surface area (Å²) >= 11 is 0. The number of hydrogen-bond donors (Lipinski definition) is 3. The molecule has 21 heavy (non-hydrogen) atoms. The van der Waals surface area contributed by atoms with Crippen LogP contribution in [0.25, 0.3) is 0 Å². The maximum absolute atomic E-state index is 11.8. The molecule has 5 heteroatoms. The van der Waals surface area contributed by atoms with Gasteiger partial charge in [-0.15, -0.1) is 0 Å². The first-order chi connectivity index (χ1) is 9.96. The lowest BCUT2D eigenvalue weighted by Crippen LogP contribution is -2.37. The molecule has 1 amide bonds. The van der Waals surface area contributed by atoms with Crippen LogP contribution >= 0.6 is 0 Å². The lowest BCUT2D eigenvalue weighted by molar-refractivity contribution is -0.122. The molecule has 0 aliphatic heterocycles. The second-order valence-electron chi connectivity index (χ2n) is 5.39. The van der Waals surface area contributed by atoms with Crippen molar-refractivity contribution in [1.29, 1.82) is 0 Å². The van der Waals surface area contributed by atoms with Crippen molar-refractivity contribution in [2.45, 2.75) is 52.2 Å². The third kappa shape index (κ3) is 6.04. The fourth-order valence-electron chi connectivity index (χ4n) is 1.95. The number of carbonyl (C=O) groups excluding carboxylic acids is 1. The molecular weight excluding hydrogens is 268 g/mol. The van der Waals surface area contributed by atoms with Crippen LogP contribution in [0.5, 0.6) is 5.75 Å². The number of aryl methyl sites for hydroxylation is 1. The van der Waals surface area contributed by atoms with Crippen LogP contribution in [0.2, 0.25) is 0 Å². The highest BCUT2D eigenvalue weighted by atomic mass is 16.5. The number of rotatable bonds is 8. The van der Waals surface area contributed by atoms with E-state index in [9.17, 15) is 4.79 Å². The molecule has 1 rings (SSSR count). The van der Waals surface area contributed by atoms with Gasteiger partial charge in [-0.05, 0) is 44.4 Å². The highest BCUT2D eigenvalue weighted by Gasteiger charge is 2.10. The van der Waals surface area contributed by atoms with Crippen LogP contribution < -0.4 is 15.8 Å². The van der Waals surface area contributed by atoms with E-state index in [1.165, 1.54) is 0 Å². The van der Waals surface area contributed by atoms with Crippen LogP contribution in [0.15, 0.2) is 18.2 Å². The topological polar surface area (TPSA) is 84.6 Å². The Bertz CT molecular complexity index is 457. The van der Waals surface area contributed by atoms with Gasteiger partial charge in [-0.2, -0.15) is 0 Å². The van der Waals surface area contributed by atoms with Gasteiger partial charge in [0, 0.05) is 6.42 Å². The predicted octanol–water partition coefficient (Wildman–Crippen LogP) is 1.88. The summed E-state index contributed by atoms with van der Waals surface area (Å²) in [7, 11) is 0. The Balaban J connectivity index is 2.52. The van der Waals surface area contributed by atoms with Crippen molar-refractivity contribution >= 4 is 11.6 Å². The number of amides is 1. The van der Waals surface area contributed by atoms with E-state index in [2.05, 4.69) is 5.32 Å². The zero-order valence-electron chi connectivity index (χ0n) is 13.1. The van der Waals surface area contributed by atoms with Gasteiger partial charge in [-0.3, -0.25) is 4.79 Å². The summed E-state index contributed by atoms with van der Waals surface area (Å²) in [5.74, 6) is 0.613. The maximum atomic E-state index is 11.8. The average molecular weight is 294 g/mol. The number of nitrogens with two attached hydrogens (primary N) is 1. The Hall–Kier alpha value is -1.75. The SMILES string of the molecule is CCC(CO)NC(=O)CCc1ccc(OC(C)C)c(N)c1. The summed E-state index contributed by atoms with van der Waals surface area (Å²) in [5.41, 5.74) is 7.52. The first-order valence-corrected chi connectivity index (χ1v) is 7.41. The number of nitrogens with one attached hydrogen (secondary N) is 1. The quantitative estimate of drug-likeness (QED) is 0.639. The van der Waals surface area contributed by atoms with Gasteiger partial charge in [0.2, 0.25) is 5.91 Å². The Morgan fingerprint density at radius 1 is 1.43 bits per heavy atom. The van der Waals surface area contributed by atoms with Gasteiger partial charge in [0.25, 0.3) is 0 Å². The van der Waals surface area contributed by atoms with E-state index in [1.807, 2.05) is 39.0 Å². The molecule has 1 aromatic carbocycles. The van der Waals surface area contributed by atoms with Gasteiger partial charge in [0.15, 0.2) is 0 Å². The van der Waals surface area contributed by atoms with Crippen molar-refractivity contribution in [3.05, 3.63) is 23.8 Å². The summed E-state index contributed by atoms with van der Waals surface area (Å²) in [5, 5.41) is 11.8. The minimum atomic E-state index is -0.163. The Morgan fingerprint density at radius 3 is 2.67 bits per heavy atom. The minimum absolute atomic E-state index is 0.0313. The molecule has 0 spiro atoms. The molecule has 1 aromatic rings. The van der Waals surface area contributed by atoms with E-state index in [0.29, 0.717) is 24.3 Å². The van der Waals surface area contributed by atoms with E-state index in [-0.39, 0.29) is 24.7 Å². The summed E-state index contributed by atoms with van der Waals surface area (Å²) in [6.07, 6.45) is 1.78. The lowest BCUT2D eigenvalue weighted by atomic mass is 10.1.